The number of nitrogens with one attached hydrogen (secondary N) is 1. The topological polar surface area (TPSA) is 32.3 Å². The number of hydrogen-bond donors (Lipinski definition) is 1. The molecule has 2 fully saturated rings. The molecule has 0 saturated carbocycles. The Kier molecular flexibility index (Phi) is 4.06. The Bertz CT molecular complexity index is 451. The van der Waals surface area contributed by atoms with E-state index in [4.69, 9.17) is 0 Å². The molecule has 1 aromatic carbocycles. The molecule has 2 heterocycles. The number of rotatable bonds is 2. The normalized spacial score (nSPS) is 27.8. The Morgan fingerprint density at radius 3 is 2.45 bits per heavy atom. The number of amides is 1. The predicted molar refractivity (Wildman–Crippen MR) is 80.5 cm³/mol. The molecule has 1 amide bonds. The van der Waals surface area contributed by atoms with Gasteiger partial charge in [0, 0.05) is 19.6 Å². The molecular formula is C17H24N2O. The van der Waals surface area contributed by atoms with Crippen molar-refractivity contribution >= 4 is 5.91 Å². The number of benzene rings is 1. The molecule has 0 spiro atoms. The van der Waals surface area contributed by atoms with Crippen LogP contribution in [0.25, 0.3) is 0 Å². The number of carbonyl (C=O) groups excluding carboxylic acids is 1. The van der Waals surface area contributed by atoms with E-state index in [0.29, 0.717) is 17.7 Å². The summed E-state index contributed by atoms with van der Waals surface area (Å²) in [5.74, 6) is 1.67. The highest BCUT2D eigenvalue weighted by Gasteiger charge is 2.34. The van der Waals surface area contributed by atoms with Gasteiger partial charge in [0.1, 0.15) is 0 Å². The van der Waals surface area contributed by atoms with Crippen molar-refractivity contribution in [2.45, 2.75) is 25.7 Å². The van der Waals surface area contributed by atoms with E-state index < -0.39 is 0 Å². The first kappa shape index (κ1) is 13.6. The maximum atomic E-state index is 12.5. The molecule has 20 heavy (non-hydrogen) atoms. The van der Waals surface area contributed by atoms with Gasteiger partial charge in [-0.25, -0.2) is 0 Å². The summed E-state index contributed by atoms with van der Waals surface area (Å²) in [6.07, 6.45) is 2.20. The smallest absolute Gasteiger partial charge is 0.227 e. The van der Waals surface area contributed by atoms with Crippen molar-refractivity contribution in [2.24, 2.45) is 11.8 Å². The van der Waals surface area contributed by atoms with Crippen LogP contribution in [0.2, 0.25) is 0 Å². The lowest BCUT2D eigenvalue weighted by Crippen LogP contribution is -2.43. The van der Waals surface area contributed by atoms with E-state index >= 15 is 0 Å². The molecule has 1 aromatic rings. The van der Waals surface area contributed by atoms with E-state index in [0.717, 1.165) is 39.0 Å². The third kappa shape index (κ3) is 2.73. The second-order valence-electron chi connectivity index (χ2n) is 6.25. The number of hydrogen-bond acceptors (Lipinski definition) is 2. The van der Waals surface area contributed by atoms with E-state index in [1.54, 1.807) is 0 Å². The molecule has 1 N–H and O–H groups in total. The molecule has 0 radical (unpaired) electrons. The van der Waals surface area contributed by atoms with Crippen molar-refractivity contribution in [1.82, 2.24) is 10.2 Å². The Morgan fingerprint density at radius 2 is 1.85 bits per heavy atom. The molecule has 2 aliphatic heterocycles. The van der Waals surface area contributed by atoms with Crippen molar-refractivity contribution in [1.29, 1.82) is 0 Å². The third-order valence-electron chi connectivity index (χ3n) is 4.91. The van der Waals surface area contributed by atoms with Crippen molar-refractivity contribution in [3.8, 4) is 0 Å². The standard InChI is InChI=1S/C17H24N2O/c1-13-11-18-12-16(13)17(20)19-9-7-15(8-10-19)14-5-3-2-4-6-14/h2-6,13,15-16,18H,7-12H2,1H3. The largest absolute Gasteiger partial charge is 0.342 e. The summed E-state index contributed by atoms with van der Waals surface area (Å²) in [5, 5.41) is 3.33. The van der Waals surface area contributed by atoms with Crippen molar-refractivity contribution in [2.75, 3.05) is 26.2 Å². The molecule has 0 aromatic heterocycles. The molecule has 2 unspecified atom stereocenters. The highest BCUT2D eigenvalue weighted by molar-refractivity contribution is 5.79. The maximum Gasteiger partial charge on any atom is 0.227 e. The SMILES string of the molecule is CC1CNCC1C(=O)N1CCC(c2ccccc2)CC1. The van der Waals surface area contributed by atoms with Gasteiger partial charge in [0.25, 0.3) is 0 Å². The van der Waals surface area contributed by atoms with Gasteiger partial charge >= 0.3 is 0 Å². The minimum absolute atomic E-state index is 0.197. The molecular weight excluding hydrogens is 248 g/mol. The quantitative estimate of drug-likeness (QED) is 0.895. The van der Waals surface area contributed by atoms with Gasteiger partial charge in [-0.15, -0.1) is 0 Å². The van der Waals surface area contributed by atoms with Crippen LogP contribution in [0.15, 0.2) is 30.3 Å². The Balaban J connectivity index is 1.57. The fraction of sp³-hybridized carbons (Fsp3) is 0.588. The van der Waals surface area contributed by atoms with Gasteiger partial charge in [-0.3, -0.25) is 4.79 Å². The van der Waals surface area contributed by atoms with Gasteiger partial charge in [0.2, 0.25) is 5.91 Å². The lowest BCUT2D eigenvalue weighted by atomic mass is 9.88. The highest BCUT2D eigenvalue weighted by Crippen LogP contribution is 2.29. The average Bonchev–Trinajstić information content (AvgIpc) is 2.94. The molecule has 108 valence electrons. The van der Waals surface area contributed by atoms with Crippen molar-refractivity contribution in [3.63, 3.8) is 0 Å². The second-order valence-corrected chi connectivity index (χ2v) is 6.25. The van der Waals surface area contributed by atoms with Gasteiger partial charge < -0.3 is 10.2 Å². The maximum absolute atomic E-state index is 12.5. The molecule has 3 heteroatoms. The van der Waals surface area contributed by atoms with Crippen LogP contribution in [0.3, 0.4) is 0 Å². The fourth-order valence-corrected chi connectivity index (χ4v) is 3.53. The van der Waals surface area contributed by atoms with Crippen LogP contribution >= 0.6 is 0 Å². The minimum Gasteiger partial charge on any atom is -0.342 e. The second kappa shape index (κ2) is 5.96. The van der Waals surface area contributed by atoms with E-state index in [2.05, 4.69) is 47.5 Å². The van der Waals surface area contributed by atoms with Gasteiger partial charge in [0.05, 0.1) is 5.92 Å². The molecule has 3 rings (SSSR count). The summed E-state index contributed by atoms with van der Waals surface area (Å²) in [7, 11) is 0. The predicted octanol–water partition coefficient (Wildman–Crippen LogP) is 2.25. The van der Waals surface area contributed by atoms with Crippen LogP contribution in [0, 0.1) is 11.8 Å². The van der Waals surface area contributed by atoms with Gasteiger partial charge in [-0.1, -0.05) is 37.3 Å². The number of carbonyl (C=O) groups is 1. The molecule has 2 saturated heterocycles. The Hall–Kier alpha value is -1.35. The van der Waals surface area contributed by atoms with Crippen LogP contribution in [-0.2, 0) is 4.79 Å². The van der Waals surface area contributed by atoms with E-state index in [9.17, 15) is 4.79 Å². The monoisotopic (exact) mass is 272 g/mol. The summed E-state index contributed by atoms with van der Waals surface area (Å²) < 4.78 is 0. The number of likely N-dealkylation sites (tertiary alicyclic amines) is 1. The minimum atomic E-state index is 0.197. The van der Waals surface area contributed by atoms with Crippen LogP contribution in [0.4, 0.5) is 0 Å². The van der Waals surface area contributed by atoms with Crippen molar-refractivity contribution in [3.05, 3.63) is 35.9 Å². The van der Waals surface area contributed by atoms with E-state index in [1.165, 1.54) is 5.56 Å². The molecule has 3 nitrogen and oxygen atoms in total. The van der Waals surface area contributed by atoms with Crippen molar-refractivity contribution < 1.29 is 4.79 Å². The van der Waals surface area contributed by atoms with E-state index in [-0.39, 0.29) is 5.92 Å². The lowest BCUT2D eigenvalue weighted by Gasteiger charge is -2.34. The summed E-state index contributed by atoms with van der Waals surface area (Å²) in [6.45, 7) is 5.86. The average molecular weight is 272 g/mol. The molecule has 2 atom stereocenters. The Morgan fingerprint density at radius 1 is 1.15 bits per heavy atom. The van der Waals surface area contributed by atoms with Crippen LogP contribution in [0.5, 0.6) is 0 Å². The molecule has 2 aliphatic rings. The molecule has 0 bridgehead atoms. The summed E-state index contributed by atoms with van der Waals surface area (Å²) >= 11 is 0. The summed E-state index contributed by atoms with van der Waals surface area (Å²) in [4.78, 5) is 14.6. The highest BCUT2D eigenvalue weighted by atomic mass is 16.2. The van der Waals surface area contributed by atoms with Gasteiger partial charge in [-0.05, 0) is 36.8 Å². The first-order valence-electron chi connectivity index (χ1n) is 7.80. The van der Waals surface area contributed by atoms with E-state index in [1.807, 2.05) is 0 Å². The summed E-state index contributed by atoms with van der Waals surface area (Å²) in [6, 6.07) is 10.7. The van der Waals surface area contributed by atoms with Crippen LogP contribution in [-0.4, -0.2) is 37.0 Å². The zero-order valence-corrected chi connectivity index (χ0v) is 12.2. The zero-order chi connectivity index (χ0) is 13.9. The van der Waals surface area contributed by atoms with Crippen LogP contribution < -0.4 is 5.32 Å². The zero-order valence-electron chi connectivity index (χ0n) is 12.2. The number of piperidine rings is 1. The first-order valence-corrected chi connectivity index (χ1v) is 7.80. The lowest BCUT2D eigenvalue weighted by molar-refractivity contribution is -0.137. The summed E-state index contributed by atoms with van der Waals surface area (Å²) in [5.41, 5.74) is 1.43. The molecule has 0 aliphatic carbocycles. The van der Waals surface area contributed by atoms with Gasteiger partial charge in [0.15, 0.2) is 0 Å². The fourth-order valence-electron chi connectivity index (χ4n) is 3.53. The Labute approximate surface area is 121 Å². The van der Waals surface area contributed by atoms with Gasteiger partial charge in [-0.2, -0.15) is 0 Å². The first-order chi connectivity index (χ1) is 9.75. The third-order valence-corrected chi connectivity index (χ3v) is 4.91. The number of nitrogens with zero attached hydrogens (tertiary/aromatic N) is 1. The van der Waals surface area contributed by atoms with Crippen LogP contribution in [0.1, 0.15) is 31.2 Å².